The number of carbonyl (C=O) groups is 2. The van der Waals surface area contributed by atoms with Crippen molar-refractivity contribution in [2.24, 2.45) is 0 Å². The fourth-order valence-corrected chi connectivity index (χ4v) is 5.78. The molecule has 0 bridgehead atoms. The van der Waals surface area contributed by atoms with Crippen LogP contribution in [0, 0.1) is 0 Å². The standard InChI is InChI=1S/C17H17N3O4S2/c21-16-13-4-1-2-5-14(13)17(22)20(16)12-18-7-9-19(10-8-18)26(23,24)15-6-3-11-25-15/h1-6,11H,7-10,12H2. The average Bonchev–Trinajstić information content (AvgIpc) is 3.27. The first kappa shape index (κ1) is 17.3. The van der Waals surface area contributed by atoms with Crippen LogP contribution in [0.25, 0.3) is 0 Å². The molecule has 2 aliphatic heterocycles. The van der Waals surface area contributed by atoms with Gasteiger partial charge < -0.3 is 0 Å². The van der Waals surface area contributed by atoms with Gasteiger partial charge in [-0.3, -0.25) is 19.4 Å². The van der Waals surface area contributed by atoms with E-state index in [4.69, 9.17) is 0 Å². The van der Waals surface area contributed by atoms with Crippen LogP contribution < -0.4 is 0 Å². The molecule has 136 valence electrons. The summed E-state index contributed by atoms with van der Waals surface area (Å²) >= 11 is 1.20. The summed E-state index contributed by atoms with van der Waals surface area (Å²) in [6.45, 7) is 1.79. The van der Waals surface area contributed by atoms with Crippen LogP contribution in [0.4, 0.5) is 0 Å². The highest BCUT2D eigenvalue weighted by Gasteiger charge is 2.37. The van der Waals surface area contributed by atoms with E-state index in [9.17, 15) is 18.0 Å². The van der Waals surface area contributed by atoms with E-state index in [0.717, 1.165) is 0 Å². The van der Waals surface area contributed by atoms with Crippen molar-refractivity contribution in [3.05, 3.63) is 52.9 Å². The lowest BCUT2D eigenvalue weighted by Crippen LogP contribution is -2.52. The molecule has 0 aliphatic carbocycles. The summed E-state index contributed by atoms with van der Waals surface area (Å²) in [5.74, 6) is -0.585. The number of thiophene rings is 1. The molecular weight excluding hydrogens is 374 g/mol. The lowest BCUT2D eigenvalue weighted by molar-refractivity contribution is 0.0500. The molecule has 0 atom stereocenters. The molecule has 7 nitrogen and oxygen atoms in total. The Morgan fingerprint density at radius 3 is 2.04 bits per heavy atom. The number of rotatable bonds is 4. The van der Waals surface area contributed by atoms with Crippen LogP contribution in [0.5, 0.6) is 0 Å². The lowest BCUT2D eigenvalue weighted by atomic mass is 10.1. The fourth-order valence-electron chi connectivity index (χ4n) is 3.22. The van der Waals surface area contributed by atoms with Gasteiger partial charge in [0.25, 0.3) is 21.8 Å². The van der Waals surface area contributed by atoms with Crippen LogP contribution >= 0.6 is 11.3 Å². The largest absolute Gasteiger partial charge is 0.283 e. The van der Waals surface area contributed by atoms with Crippen LogP contribution in [0.15, 0.2) is 46.0 Å². The van der Waals surface area contributed by atoms with Crippen molar-refractivity contribution in [2.75, 3.05) is 32.8 Å². The fraction of sp³-hybridized carbons (Fsp3) is 0.294. The van der Waals surface area contributed by atoms with E-state index in [-0.39, 0.29) is 18.5 Å². The molecule has 2 aromatic rings. The minimum atomic E-state index is -3.46. The zero-order valence-corrected chi connectivity index (χ0v) is 15.5. The number of hydrogen-bond donors (Lipinski definition) is 0. The maximum Gasteiger partial charge on any atom is 0.262 e. The Balaban J connectivity index is 1.41. The van der Waals surface area contributed by atoms with Gasteiger partial charge in [0, 0.05) is 26.2 Å². The molecule has 2 amide bonds. The molecule has 26 heavy (non-hydrogen) atoms. The highest BCUT2D eigenvalue weighted by Crippen LogP contribution is 2.24. The summed E-state index contributed by atoms with van der Waals surface area (Å²) < 4.78 is 26.9. The maximum atomic E-state index is 12.6. The van der Waals surface area contributed by atoms with E-state index in [1.165, 1.54) is 20.5 Å². The molecular formula is C17H17N3O4S2. The minimum Gasteiger partial charge on any atom is -0.283 e. The van der Waals surface area contributed by atoms with Gasteiger partial charge in [-0.05, 0) is 23.6 Å². The van der Waals surface area contributed by atoms with Gasteiger partial charge in [-0.25, -0.2) is 8.42 Å². The van der Waals surface area contributed by atoms with Gasteiger partial charge in [-0.1, -0.05) is 18.2 Å². The highest BCUT2D eigenvalue weighted by atomic mass is 32.2. The summed E-state index contributed by atoms with van der Waals surface area (Å²) in [6, 6.07) is 10.1. The number of amides is 2. The van der Waals surface area contributed by atoms with Crippen molar-refractivity contribution >= 4 is 33.2 Å². The van der Waals surface area contributed by atoms with Crippen molar-refractivity contribution in [3.8, 4) is 0 Å². The van der Waals surface area contributed by atoms with Crippen LogP contribution in [0.3, 0.4) is 0 Å². The molecule has 0 radical (unpaired) electrons. The molecule has 1 aromatic heterocycles. The summed E-state index contributed by atoms with van der Waals surface area (Å²) in [7, 11) is -3.46. The van der Waals surface area contributed by atoms with Gasteiger partial charge in [0.15, 0.2) is 0 Å². The third-order valence-corrected chi connectivity index (χ3v) is 7.91. The van der Waals surface area contributed by atoms with Gasteiger partial charge in [-0.15, -0.1) is 11.3 Å². The zero-order chi connectivity index (χ0) is 18.3. The number of piperazine rings is 1. The van der Waals surface area contributed by atoms with Crippen LogP contribution in [0.2, 0.25) is 0 Å². The molecule has 1 fully saturated rings. The smallest absolute Gasteiger partial charge is 0.262 e. The van der Waals surface area contributed by atoms with Crippen molar-refractivity contribution in [2.45, 2.75) is 4.21 Å². The van der Waals surface area contributed by atoms with E-state index < -0.39 is 10.0 Å². The second kappa shape index (κ2) is 6.58. The second-order valence-electron chi connectivity index (χ2n) is 6.18. The van der Waals surface area contributed by atoms with Gasteiger partial charge in [-0.2, -0.15) is 4.31 Å². The number of benzene rings is 1. The molecule has 2 aliphatic rings. The Morgan fingerprint density at radius 1 is 0.885 bits per heavy atom. The van der Waals surface area contributed by atoms with Crippen LogP contribution in [-0.4, -0.2) is 67.2 Å². The van der Waals surface area contributed by atoms with E-state index in [2.05, 4.69) is 0 Å². The second-order valence-corrected chi connectivity index (χ2v) is 9.29. The Hall–Kier alpha value is -2.07. The average molecular weight is 391 g/mol. The first-order valence-electron chi connectivity index (χ1n) is 8.20. The molecule has 0 unspecified atom stereocenters. The van der Waals surface area contributed by atoms with E-state index in [1.54, 1.807) is 41.8 Å². The van der Waals surface area contributed by atoms with Crippen molar-refractivity contribution in [3.63, 3.8) is 0 Å². The first-order valence-corrected chi connectivity index (χ1v) is 10.5. The Kier molecular flexibility index (Phi) is 4.39. The van der Waals surface area contributed by atoms with Gasteiger partial charge in [0.2, 0.25) is 0 Å². The molecule has 3 heterocycles. The molecule has 0 saturated carbocycles. The van der Waals surface area contributed by atoms with Gasteiger partial charge in [0.05, 0.1) is 17.8 Å². The van der Waals surface area contributed by atoms with Crippen LogP contribution in [-0.2, 0) is 10.0 Å². The highest BCUT2D eigenvalue weighted by molar-refractivity contribution is 7.91. The number of sulfonamides is 1. The van der Waals surface area contributed by atoms with E-state index in [1.807, 2.05) is 4.90 Å². The monoisotopic (exact) mass is 391 g/mol. The molecule has 1 aromatic carbocycles. The number of hydrogen-bond acceptors (Lipinski definition) is 6. The maximum absolute atomic E-state index is 12.6. The summed E-state index contributed by atoms with van der Waals surface area (Å²) in [6.07, 6.45) is 0. The summed E-state index contributed by atoms with van der Waals surface area (Å²) in [5.41, 5.74) is 0.854. The normalized spacial score (nSPS) is 19.2. The predicted molar refractivity (Wildman–Crippen MR) is 96.5 cm³/mol. The topological polar surface area (TPSA) is 78.0 Å². The molecule has 0 spiro atoms. The number of imide groups is 1. The predicted octanol–water partition coefficient (Wildman–Crippen LogP) is 1.31. The van der Waals surface area contributed by atoms with Crippen molar-refractivity contribution in [1.29, 1.82) is 0 Å². The van der Waals surface area contributed by atoms with Gasteiger partial charge in [0.1, 0.15) is 4.21 Å². The lowest BCUT2D eigenvalue weighted by Gasteiger charge is -2.35. The van der Waals surface area contributed by atoms with E-state index >= 15 is 0 Å². The third-order valence-electron chi connectivity index (χ3n) is 4.64. The van der Waals surface area contributed by atoms with Gasteiger partial charge >= 0.3 is 0 Å². The third kappa shape index (κ3) is 2.86. The Morgan fingerprint density at radius 2 is 1.50 bits per heavy atom. The molecule has 9 heteroatoms. The Bertz CT molecular complexity index is 913. The number of nitrogens with zero attached hydrogens (tertiary/aromatic N) is 3. The quantitative estimate of drug-likeness (QED) is 0.735. The number of fused-ring (bicyclic) bond motifs is 1. The SMILES string of the molecule is O=C1c2ccccc2C(=O)N1CN1CCN(S(=O)(=O)c2cccs2)CC1. The Labute approximate surface area is 155 Å². The molecule has 1 saturated heterocycles. The minimum absolute atomic E-state index is 0.180. The summed E-state index contributed by atoms with van der Waals surface area (Å²) in [5, 5.41) is 1.74. The first-order chi connectivity index (χ1) is 12.5. The van der Waals surface area contributed by atoms with E-state index in [0.29, 0.717) is 41.5 Å². The zero-order valence-electron chi connectivity index (χ0n) is 13.9. The van der Waals surface area contributed by atoms with Crippen LogP contribution in [0.1, 0.15) is 20.7 Å². The van der Waals surface area contributed by atoms with Crippen molar-refractivity contribution < 1.29 is 18.0 Å². The summed E-state index contributed by atoms with van der Waals surface area (Å²) in [4.78, 5) is 28.0. The molecule has 4 rings (SSSR count). The number of carbonyl (C=O) groups excluding carboxylic acids is 2. The molecule has 0 N–H and O–H groups in total. The van der Waals surface area contributed by atoms with Crippen molar-refractivity contribution in [1.82, 2.24) is 14.1 Å².